The third-order valence-corrected chi connectivity index (χ3v) is 2.15. The Kier molecular flexibility index (Phi) is 2.69. The van der Waals surface area contributed by atoms with Crippen LogP contribution in [0.4, 0.5) is 0 Å². The summed E-state index contributed by atoms with van der Waals surface area (Å²) in [4.78, 5) is 10.9. The first-order valence-corrected chi connectivity index (χ1v) is 4.24. The van der Waals surface area contributed by atoms with Crippen molar-refractivity contribution in [2.75, 3.05) is 6.61 Å². The van der Waals surface area contributed by atoms with Crippen molar-refractivity contribution in [1.82, 2.24) is 5.32 Å². The molecular weight excluding hydrogens is 158 g/mol. The van der Waals surface area contributed by atoms with Crippen LogP contribution in [0.15, 0.2) is 0 Å². The highest BCUT2D eigenvalue weighted by molar-refractivity contribution is 5.79. The van der Waals surface area contributed by atoms with Gasteiger partial charge in [-0.2, -0.15) is 0 Å². The van der Waals surface area contributed by atoms with E-state index in [4.69, 9.17) is 4.74 Å². The minimum absolute atomic E-state index is 0.0515. The molecule has 2 unspecified atom stereocenters. The SMILES string of the molecule is CCOC1(C(C)O)CCC(=O)N1. The molecule has 1 fully saturated rings. The zero-order chi connectivity index (χ0) is 9.19. The molecule has 2 N–H and O–H groups in total. The monoisotopic (exact) mass is 173 g/mol. The number of carbonyl (C=O) groups excluding carboxylic acids is 1. The van der Waals surface area contributed by atoms with Crippen LogP contribution >= 0.6 is 0 Å². The summed E-state index contributed by atoms with van der Waals surface area (Å²) < 4.78 is 5.34. The first kappa shape index (κ1) is 9.48. The zero-order valence-corrected chi connectivity index (χ0v) is 7.46. The molecule has 0 radical (unpaired) electrons. The average Bonchev–Trinajstić information content (AvgIpc) is 2.34. The molecule has 70 valence electrons. The highest BCUT2D eigenvalue weighted by atomic mass is 16.5. The molecule has 0 aromatic heterocycles. The molecule has 0 spiro atoms. The van der Waals surface area contributed by atoms with Crippen molar-refractivity contribution in [2.45, 2.75) is 38.5 Å². The van der Waals surface area contributed by atoms with Crippen LogP contribution in [0.5, 0.6) is 0 Å². The Balaban J connectivity index is 2.67. The highest BCUT2D eigenvalue weighted by Gasteiger charge is 2.42. The van der Waals surface area contributed by atoms with Crippen molar-refractivity contribution in [2.24, 2.45) is 0 Å². The van der Waals surface area contributed by atoms with E-state index in [0.29, 0.717) is 19.4 Å². The second kappa shape index (κ2) is 3.41. The molecule has 0 aromatic carbocycles. The Bertz CT molecular complexity index is 181. The average molecular weight is 173 g/mol. The molecule has 0 aliphatic carbocycles. The van der Waals surface area contributed by atoms with Crippen molar-refractivity contribution in [3.05, 3.63) is 0 Å². The lowest BCUT2D eigenvalue weighted by Crippen LogP contribution is -2.52. The highest BCUT2D eigenvalue weighted by Crippen LogP contribution is 2.25. The van der Waals surface area contributed by atoms with E-state index in [1.54, 1.807) is 6.92 Å². The predicted octanol–water partition coefficient (Wildman–Crippen LogP) is 0.01000. The van der Waals surface area contributed by atoms with Crippen LogP contribution in [-0.4, -0.2) is 29.4 Å². The summed E-state index contributed by atoms with van der Waals surface area (Å²) >= 11 is 0. The Morgan fingerprint density at radius 2 is 2.50 bits per heavy atom. The lowest BCUT2D eigenvalue weighted by atomic mass is 10.1. The predicted molar refractivity (Wildman–Crippen MR) is 43.4 cm³/mol. The molecule has 2 atom stereocenters. The quantitative estimate of drug-likeness (QED) is 0.632. The van der Waals surface area contributed by atoms with E-state index in [0.717, 1.165) is 0 Å². The third kappa shape index (κ3) is 1.59. The maximum absolute atomic E-state index is 10.9. The van der Waals surface area contributed by atoms with Crippen molar-refractivity contribution in [1.29, 1.82) is 0 Å². The molecule has 4 nitrogen and oxygen atoms in total. The fourth-order valence-electron chi connectivity index (χ4n) is 1.46. The molecule has 0 bridgehead atoms. The standard InChI is InChI=1S/C8H15NO3/c1-3-12-8(6(2)10)5-4-7(11)9-8/h6,10H,3-5H2,1-2H3,(H,9,11). The van der Waals surface area contributed by atoms with Gasteiger partial charge in [-0.05, 0) is 13.8 Å². The van der Waals surface area contributed by atoms with E-state index >= 15 is 0 Å². The number of hydrogen-bond donors (Lipinski definition) is 2. The van der Waals surface area contributed by atoms with Crippen LogP contribution in [0.25, 0.3) is 0 Å². The van der Waals surface area contributed by atoms with Crippen LogP contribution in [0.1, 0.15) is 26.7 Å². The van der Waals surface area contributed by atoms with Crippen LogP contribution in [0, 0.1) is 0 Å². The Labute approximate surface area is 71.9 Å². The second-order valence-corrected chi connectivity index (χ2v) is 3.05. The number of amides is 1. The summed E-state index contributed by atoms with van der Waals surface area (Å²) in [5.41, 5.74) is -0.828. The molecular formula is C8H15NO3. The van der Waals surface area contributed by atoms with Gasteiger partial charge in [0.05, 0.1) is 6.10 Å². The molecule has 1 aliphatic heterocycles. The lowest BCUT2D eigenvalue weighted by molar-refractivity contribution is -0.139. The van der Waals surface area contributed by atoms with Crippen molar-refractivity contribution in [3.8, 4) is 0 Å². The molecule has 1 amide bonds. The summed E-state index contributed by atoms with van der Waals surface area (Å²) in [7, 11) is 0. The fourth-order valence-corrected chi connectivity index (χ4v) is 1.46. The number of carbonyl (C=O) groups is 1. The molecule has 4 heteroatoms. The summed E-state index contributed by atoms with van der Waals surface area (Å²) in [5, 5.41) is 12.1. The smallest absolute Gasteiger partial charge is 0.222 e. The number of ether oxygens (including phenoxy) is 1. The van der Waals surface area contributed by atoms with Gasteiger partial charge in [-0.1, -0.05) is 0 Å². The van der Waals surface area contributed by atoms with Crippen LogP contribution in [0.2, 0.25) is 0 Å². The summed E-state index contributed by atoms with van der Waals surface area (Å²) in [5.74, 6) is -0.0515. The van der Waals surface area contributed by atoms with Crippen LogP contribution in [-0.2, 0) is 9.53 Å². The van der Waals surface area contributed by atoms with Crippen LogP contribution < -0.4 is 5.32 Å². The number of nitrogens with one attached hydrogen (secondary N) is 1. The van der Waals surface area contributed by atoms with Crippen molar-refractivity contribution in [3.63, 3.8) is 0 Å². The third-order valence-electron chi connectivity index (χ3n) is 2.15. The first-order chi connectivity index (χ1) is 5.60. The Hall–Kier alpha value is -0.610. The van der Waals surface area contributed by atoms with Crippen LogP contribution in [0.3, 0.4) is 0 Å². The number of aliphatic hydroxyl groups excluding tert-OH is 1. The van der Waals surface area contributed by atoms with Gasteiger partial charge in [-0.15, -0.1) is 0 Å². The summed E-state index contributed by atoms with van der Waals surface area (Å²) in [6.07, 6.45) is 0.325. The summed E-state index contributed by atoms with van der Waals surface area (Å²) in [6, 6.07) is 0. The number of rotatable bonds is 3. The number of hydrogen-bond acceptors (Lipinski definition) is 3. The largest absolute Gasteiger partial charge is 0.388 e. The molecule has 1 rings (SSSR count). The van der Waals surface area contributed by atoms with E-state index in [-0.39, 0.29) is 5.91 Å². The molecule has 0 aromatic rings. The Morgan fingerprint density at radius 1 is 1.83 bits per heavy atom. The topological polar surface area (TPSA) is 58.6 Å². The van der Waals surface area contributed by atoms with Gasteiger partial charge in [0.15, 0.2) is 5.72 Å². The molecule has 1 heterocycles. The molecule has 1 saturated heterocycles. The van der Waals surface area contributed by atoms with Gasteiger partial charge in [0.25, 0.3) is 0 Å². The van der Waals surface area contributed by atoms with E-state index < -0.39 is 11.8 Å². The number of aliphatic hydroxyl groups is 1. The fraction of sp³-hybridized carbons (Fsp3) is 0.875. The maximum Gasteiger partial charge on any atom is 0.222 e. The van der Waals surface area contributed by atoms with Gasteiger partial charge < -0.3 is 15.2 Å². The van der Waals surface area contributed by atoms with Crippen molar-refractivity contribution < 1.29 is 14.6 Å². The van der Waals surface area contributed by atoms with Crippen molar-refractivity contribution >= 4 is 5.91 Å². The van der Waals surface area contributed by atoms with Gasteiger partial charge in [0.1, 0.15) is 0 Å². The first-order valence-electron chi connectivity index (χ1n) is 4.24. The molecule has 1 aliphatic rings. The molecule has 0 saturated carbocycles. The van der Waals surface area contributed by atoms with E-state index in [1.807, 2.05) is 6.92 Å². The van der Waals surface area contributed by atoms with E-state index in [9.17, 15) is 9.90 Å². The zero-order valence-electron chi connectivity index (χ0n) is 7.46. The maximum atomic E-state index is 10.9. The summed E-state index contributed by atoms with van der Waals surface area (Å²) in [6.45, 7) is 3.96. The van der Waals surface area contributed by atoms with Gasteiger partial charge >= 0.3 is 0 Å². The normalized spacial score (nSPS) is 31.8. The van der Waals surface area contributed by atoms with E-state index in [2.05, 4.69) is 5.32 Å². The van der Waals surface area contributed by atoms with Gasteiger partial charge in [-0.3, -0.25) is 4.79 Å². The van der Waals surface area contributed by atoms with Gasteiger partial charge in [0.2, 0.25) is 5.91 Å². The molecule has 12 heavy (non-hydrogen) atoms. The lowest BCUT2D eigenvalue weighted by Gasteiger charge is -2.31. The van der Waals surface area contributed by atoms with Gasteiger partial charge in [0, 0.05) is 19.4 Å². The Morgan fingerprint density at radius 3 is 2.83 bits per heavy atom. The van der Waals surface area contributed by atoms with Gasteiger partial charge in [-0.25, -0.2) is 0 Å². The minimum atomic E-state index is -0.828. The minimum Gasteiger partial charge on any atom is -0.388 e. The van der Waals surface area contributed by atoms with E-state index in [1.165, 1.54) is 0 Å². The second-order valence-electron chi connectivity index (χ2n) is 3.05.